The first-order valence-electron chi connectivity index (χ1n) is 4.20. The summed E-state index contributed by atoms with van der Waals surface area (Å²) in [4.78, 5) is 4.10. The monoisotopic (exact) mass is 183 g/mol. The van der Waals surface area contributed by atoms with Gasteiger partial charge in [-0.1, -0.05) is 31.5 Å². The van der Waals surface area contributed by atoms with Crippen LogP contribution < -0.4 is 0 Å². The van der Waals surface area contributed by atoms with Crippen molar-refractivity contribution in [2.24, 2.45) is 5.92 Å². The third-order valence-corrected chi connectivity index (χ3v) is 2.11. The van der Waals surface area contributed by atoms with Crippen molar-refractivity contribution in [1.29, 1.82) is 0 Å². The summed E-state index contributed by atoms with van der Waals surface area (Å²) >= 11 is 5.81. The Hall–Kier alpha value is -0.560. The van der Waals surface area contributed by atoms with Crippen LogP contribution in [0.5, 0.6) is 0 Å². The molecule has 0 saturated heterocycles. The molecule has 1 aromatic heterocycles. The van der Waals surface area contributed by atoms with E-state index in [-0.39, 0.29) is 0 Å². The van der Waals surface area contributed by atoms with Crippen LogP contribution in [-0.2, 0) is 6.42 Å². The van der Waals surface area contributed by atoms with E-state index in [1.54, 1.807) is 0 Å². The number of pyridine rings is 1. The number of aryl methyl sites for hydroxylation is 1. The van der Waals surface area contributed by atoms with Crippen molar-refractivity contribution in [1.82, 2.24) is 4.98 Å². The number of rotatable bonds is 2. The topological polar surface area (TPSA) is 12.9 Å². The summed E-state index contributed by atoms with van der Waals surface area (Å²) in [7, 11) is 0. The molecule has 12 heavy (non-hydrogen) atoms. The molecule has 1 nitrogen and oxygen atoms in total. The summed E-state index contributed by atoms with van der Waals surface area (Å²) in [5.41, 5.74) is 2.33. The molecule has 0 atom stereocenters. The Morgan fingerprint density at radius 1 is 1.50 bits per heavy atom. The van der Waals surface area contributed by atoms with Crippen molar-refractivity contribution in [2.45, 2.75) is 27.2 Å². The molecular weight excluding hydrogens is 170 g/mol. The fraction of sp³-hybridized carbons (Fsp3) is 0.500. The lowest BCUT2D eigenvalue weighted by Crippen LogP contribution is -1.95. The Morgan fingerprint density at radius 3 is 2.67 bits per heavy atom. The molecule has 2 heteroatoms. The van der Waals surface area contributed by atoms with Gasteiger partial charge in [-0.25, -0.2) is 4.98 Å². The van der Waals surface area contributed by atoms with E-state index >= 15 is 0 Å². The molecule has 0 radical (unpaired) electrons. The Bertz CT molecular complexity index is 269. The van der Waals surface area contributed by atoms with Crippen molar-refractivity contribution in [3.8, 4) is 0 Å². The van der Waals surface area contributed by atoms with E-state index in [0.717, 1.165) is 12.0 Å². The largest absolute Gasteiger partial charge is 0.244 e. The first kappa shape index (κ1) is 9.53. The molecule has 0 N–H and O–H groups in total. The molecule has 0 unspecified atom stereocenters. The van der Waals surface area contributed by atoms with E-state index in [0.29, 0.717) is 11.1 Å². The zero-order valence-electron chi connectivity index (χ0n) is 7.76. The van der Waals surface area contributed by atoms with Gasteiger partial charge < -0.3 is 0 Å². The number of aromatic nitrogens is 1. The van der Waals surface area contributed by atoms with Crippen LogP contribution in [0.1, 0.15) is 25.0 Å². The van der Waals surface area contributed by atoms with Gasteiger partial charge in [-0.3, -0.25) is 0 Å². The van der Waals surface area contributed by atoms with Gasteiger partial charge in [0.05, 0.1) is 0 Å². The maximum Gasteiger partial charge on any atom is 0.131 e. The lowest BCUT2D eigenvalue weighted by Gasteiger charge is -2.05. The first-order valence-corrected chi connectivity index (χ1v) is 4.58. The van der Waals surface area contributed by atoms with Gasteiger partial charge >= 0.3 is 0 Å². The van der Waals surface area contributed by atoms with Crippen LogP contribution in [-0.4, -0.2) is 4.98 Å². The van der Waals surface area contributed by atoms with Crippen LogP contribution in [0, 0.1) is 12.8 Å². The van der Waals surface area contributed by atoms with Crippen molar-refractivity contribution in [2.75, 3.05) is 0 Å². The summed E-state index contributed by atoms with van der Waals surface area (Å²) in [6, 6.07) is 2.11. The summed E-state index contributed by atoms with van der Waals surface area (Å²) in [6.45, 7) is 6.38. The number of halogens is 1. The third kappa shape index (κ3) is 2.49. The van der Waals surface area contributed by atoms with Gasteiger partial charge in [0, 0.05) is 6.20 Å². The molecule has 0 spiro atoms. The number of hydrogen-bond acceptors (Lipinski definition) is 1. The highest BCUT2D eigenvalue weighted by molar-refractivity contribution is 6.30. The second-order valence-electron chi connectivity index (χ2n) is 3.55. The van der Waals surface area contributed by atoms with Crippen LogP contribution >= 0.6 is 11.6 Å². The van der Waals surface area contributed by atoms with Crippen LogP contribution in [0.15, 0.2) is 12.3 Å². The summed E-state index contributed by atoms with van der Waals surface area (Å²) < 4.78 is 0. The smallest absolute Gasteiger partial charge is 0.131 e. The first-order chi connectivity index (χ1) is 5.59. The summed E-state index contributed by atoms with van der Waals surface area (Å²) in [6.07, 6.45) is 2.93. The Balaban J connectivity index is 2.82. The van der Waals surface area contributed by atoms with E-state index in [1.165, 1.54) is 5.56 Å². The second-order valence-corrected chi connectivity index (χ2v) is 3.91. The summed E-state index contributed by atoms with van der Waals surface area (Å²) in [5.74, 6) is 0.673. The van der Waals surface area contributed by atoms with E-state index in [9.17, 15) is 0 Å². The van der Waals surface area contributed by atoms with Crippen molar-refractivity contribution in [3.05, 3.63) is 28.5 Å². The highest BCUT2D eigenvalue weighted by Crippen LogP contribution is 2.14. The van der Waals surface area contributed by atoms with Gasteiger partial charge in [-0.15, -0.1) is 0 Å². The van der Waals surface area contributed by atoms with Crippen LogP contribution in [0.2, 0.25) is 5.15 Å². The lowest BCUT2D eigenvalue weighted by molar-refractivity contribution is 0.645. The zero-order chi connectivity index (χ0) is 9.14. The van der Waals surface area contributed by atoms with Crippen LogP contribution in [0.3, 0.4) is 0 Å². The van der Waals surface area contributed by atoms with Crippen molar-refractivity contribution < 1.29 is 0 Å². The minimum Gasteiger partial charge on any atom is -0.244 e. The molecular formula is C10H14ClN. The zero-order valence-corrected chi connectivity index (χ0v) is 8.52. The van der Waals surface area contributed by atoms with Gasteiger partial charge in [0.15, 0.2) is 0 Å². The fourth-order valence-electron chi connectivity index (χ4n) is 1.20. The maximum atomic E-state index is 5.81. The maximum absolute atomic E-state index is 5.81. The van der Waals surface area contributed by atoms with Crippen molar-refractivity contribution in [3.63, 3.8) is 0 Å². The lowest BCUT2D eigenvalue weighted by atomic mass is 10.0. The Kier molecular flexibility index (Phi) is 3.10. The van der Waals surface area contributed by atoms with Gasteiger partial charge in [-0.2, -0.15) is 0 Å². The molecule has 0 bridgehead atoms. The molecule has 0 aliphatic rings. The molecule has 0 fully saturated rings. The average Bonchev–Trinajstić information content (AvgIpc) is 1.96. The normalized spacial score (nSPS) is 10.8. The molecule has 0 aromatic carbocycles. The fourth-order valence-corrected chi connectivity index (χ4v) is 1.30. The predicted molar refractivity (Wildman–Crippen MR) is 52.5 cm³/mol. The molecule has 0 aliphatic heterocycles. The molecule has 0 aliphatic carbocycles. The molecule has 1 rings (SSSR count). The Labute approximate surface area is 78.8 Å². The number of nitrogens with zero attached hydrogens (tertiary/aromatic N) is 1. The van der Waals surface area contributed by atoms with E-state index in [1.807, 2.05) is 13.1 Å². The average molecular weight is 184 g/mol. The van der Waals surface area contributed by atoms with Crippen LogP contribution in [0.25, 0.3) is 0 Å². The van der Waals surface area contributed by atoms with Gasteiger partial charge in [0.2, 0.25) is 0 Å². The third-order valence-electron chi connectivity index (χ3n) is 1.71. The minimum atomic E-state index is 0.613. The Morgan fingerprint density at radius 2 is 2.17 bits per heavy atom. The molecule has 1 aromatic rings. The molecule has 0 amide bonds. The predicted octanol–water partition coefficient (Wildman–Crippen LogP) is 3.24. The number of hydrogen-bond donors (Lipinski definition) is 0. The van der Waals surface area contributed by atoms with E-state index < -0.39 is 0 Å². The standard InChI is InChI=1S/C10H14ClN/c1-7(2)4-9-5-8(3)10(11)12-6-9/h5-7H,4H2,1-3H3. The van der Waals surface area contributed by atoms with Gasteiger partial charge in [0.1, 0.15) is 5.15 Å². The quantitative estimate of drug-likeness (QED) is 0.642. The highest BCUT2D eigenvalue weighted by Gasteiger charge is 2.00. The van der Waals surface area contributed by atoms with Gasteiger partial charge in [0.25, 0.3) is 0 Å². The molecule has 1 heterocycles. The summed E-state index contributed by atoms with van der Waals surface area (Å²) in [5, 5.41) is 0.613. The van der Waals surface area contributed by atoms with E-state index in [2.05, 4.69) is 24.9 Å². The molecule has 0 saturated carbocycles. The highest BCUT2D eigenvalue weighted by atomic mass is 35.5. The van der Waals surface area contributed by atoms with Crippen LogP contribution in [0.4, 0.5) is 0 Å². The SMILES string of the molecule is Cc1cc(CC(C)C)cnc1Cl. The second kappa shape index (κ2) is 3.90. The molecule has 66 valence electrons. The van der Waals surface area contributed by atoms with Gasteiger partial charge in [-0.05, 0) is 30.4 Å². The van der Waals surface area contributed by atoms with E-state index in [4.69, 9.17) is 11.6 Å². The minimum absolute atomic E-state index is 0.613. The van der Waals surface area contributed by atoms with Crippen molar-refractivity contribution >= 4 is 11.6 Å².